The number of anilines is 3. The van der Waals surface area contributed by atoms with E-state index in [0.29, 0.717) is 40.9 Å². The Balaban J connectivity index is 1.76. The van der Waals surface area contributed by atoms with Crippen molar-refractivity contribution in [2.75, 3.05) is 24.2 Å². The first-order valence-corrected chi connectivity index (χ1v) is 9.25. The predicted octanol–water partition coefficient (Wildman–Crippen LogP) is 5.00. The smallest absolute Gasteiger partial charge is 0.385 e. The number of halogens is 4. The van der Waals surface area contributed by atoms with Crippen LogP contribution in [0.25, 0.3) is 11.0 Å². The minimum atomic E-state index is -4.50. The van der Waals surface area contributed by atoms with Crippen molar-refractivity contribution in [3.8, 4) is 0 Å². The van der Waals surface area contributed by atoms with Crippen LogP contribution in [0.5, 0.6) is 0 Å². The van der Waals surface area contributed by atoms with Gasteiger partial charge in [-0.3, -0.25) is 4.79 Å². The van der Waals surface area contributed by atoms with Crippen molar-refractivity contribution in [1.82, 2.24) is 14.9 Å². The number of carbonyl (C=O) groups excluding carboxylic acids is 1. The summed E-state index contributed by atoms with van der Waals surface area (Å²) in [7, 11) is 1.70. The summed E-state index contributed by atoms with van der Waals surface area (Å²) in [6.45, 7) is 2.69. The highest BCUT2D eigenvalue weighted by Gasteiger charge is 2.35. The zero-order valence-electron chi connectivity index (χ0n) is 15.5. The molecule has 2 aromatic heterocycles. The van der Waals surface area contributed by atoms with Gasteiger partial charge in [0.25, 0.3) is 5.91 Å². The monoisotopic (exact) mass is 423 g/mol. The van der Waals surface area contributed by atoms with Crippen LogP contribution in [0.4, 0.5) is 30.4 Å². The molecule has 3 aromatic rings. The molecule has 0 saturated heterocycles. The van der Waals surface area contributed by atoms with Gasteiger partial charge in [-0.05, 0) is 24.6 Å². The number of aromatic nitrogens is 2. The van der Waals surface area contributed by atoms with Crippen molar-refractivity contribution in [3.05, 3.63) is 46.1 Å². The minimum absolute atomic E-state index is 0.0165. The van der Waals surface area contributed by atoms with Crippen molar-refractivity contribution in [2.45, 2.75) is 19.6 Å². The van der Waals surface area contributed by atoms with Gasteiger partial charge >= 0.3 is 6.18 Å². The summed E-state index contributed by atoms with van der Waals surface area (Å²) in [5, 5.41) is 6.32. The number of benzene rings is 1. The molecule has 3 N–H and O–H groups in total. The van der Waals surface area contributed by atoms with E-state index in [1.54, 1.807) is 31.0 Å². The molecule has 0 bridgehead atoms. The molecule has 0 spiro atoms. The molecule has 0 unspecified atom stereocenters. The van der Waals surface area contributed by atoms with E-state index < -0.39 is 11.7 Å². The second kappa shape index (κ2) is 6.84. The van der Waals surface area contributed by atoms with E-state index in [4.69, 9.17) is 11.6 Å². The molecule has 1 amide bonds. The van der Waals surface area contributed by atoms with Crippen LogP contribution in [0.3, 0.4) is 0 Å². The maximum atomic E-state index is 13.3. The number of aromatic amines is 1. The Labute approximate surface area is 169 Å². The molecule has 1 aliphatic heterocycles. The van der Waals surface area contributed by atoms with Gasteiger partial charge in [0.2, 0.25) is 0 Å². The maximum absolute atomic E-state index is 13.3. The molecule has 1 aliphatic rings. The van der Waals surface area contributed by atoms with Crippen LogP contribution in [-0.4, -0.2) is 34.4 Å². The molecule has 0 radical (unpaired) electrons. The molecule has 152 valence electrons. The Morgan fingerprint density at radius 3 is 2.72 bits per heavy atom. The fraction of sp³-hybridized carbons (Fsp3) is 0.263. The molecule has 0 aliphatic carbocycles. The van der Waals surface area contributed by atoms with Gasteiger partial charge in [0.15, 0.2) is 0 Å². The molecular weight excluding hydrogens is 407 g/mol. The number of amides is 1. The largest absolute Gasteiger partial charge is 0.418 e. The van der Waals surface area contributed by atoms with E-state index in [2.05, 4.69) is 20.6 Å². The number of alkyl halides is 3. The summed E-state index contributed by atoms with van der Waals surface area (Å²) >= 11 is 6.32. The molecule has 0 fully saturated rings. The SMILES string of the molecule is CCNc1cc(Nc2cc3c(cc2Cl)C(=O)N(C)C3)nc2[nH]cc(C(F)(F)F)c12. The number of H-pyrrole nitrogens is 1. The number of pyridine rings is 1. The predicted molar refractivity (Wildman–Crippen MR) is 106 cm³/mol. The third-order valence-corrected chi connectivity index (χ3v) is 5.07. The Morgan fingerprint density at radius 2 is 2.03 bits per heavy atom. The van der Waals surface area contributed by atoms with Crippen molar-refractivity contribution in [3.63, 3.8) is 0 Å². The van der Waals surface area contributed by atoms with Crippen molar-refractivity contribution >= 4 is 45.7 Å². The Bertz CT molecular complexity index is 1130. The van der Waals surface area contributed by atoms with E-state index in [1.165, 1.54) is 6.07 Å². The Hall–Kier alpha value is -2.94. The van der Waals surface area contributed by atoms with Gasteiger partial charge in [0.1, 0.15) is 11.5 Å². The van der Waals surface area contributed by atoms with Crippen LogP contribution in [0.1, 0.15) is 28.4 Å². The molecule has 3 heterocycles. The second-order valence-electron chi connectivity index (χ2n) is 6.78. The van der Waals surface area contributed by atoms with Crippen molar-refractivity contribution < 1.29 is 18.0 Å². The third kappa shape index (κ3) is 3.35. The van der Waals surface area contributed by atoms with Crippen LogP contribution in [0.15, 0.2) is 24.4 Å². The number of rotatable bonds is 4. The van der Waals surface area contributed by atoms with Crippen molar-refractivity contribution in [2.24, 2.45) is 0 Å². The van der Waals surface area contributed by atoms with Crippen molar-refractivity contribution in [1.29, 1.82) is 0 Å². The highest BCUT2D eigenvalue weighted by atomic mass is 35.5. The first kappa shape index (κ1) is 19.4. The van der Waals surface area contributed by atoms with Gasteiger partial charge in [0, 0.05) is 43.7 Å². The standard InChI is InChI=1S/C19H17ClF3N5O/c1-3-24-14-6-15(27-17-16(14)11(7-25-17)19(21,22)23)26-13-4-9-8-28(2)18(29)10(9)5-12(13)20/h4-7H,3,8H2,1-2H3,(H3,24,25,26,27). The van der Waals surface area contributed by atoms with E-state index in [1.807, 2.05) is 0 Å². The first-order chi connectivity index (χ1) is 13.7. The van der Waals surface area contributed by atoms with E-state index in [-0.39, 0.29) is 16.9 Å². The number of hydrogen-bond donors (Lipinski definition) is 3. The highest BCUT2D eigenvalue weighted by molar-refractivity contribution is 6.33. The van der Waals surface area contributed by atoms with Gasteiger partial charge in [-0.1, -0.05) is 11.6 Å². The fourth-order valence-corrected chi connectivity index (χ4v) is 3.68. The van der Waals surface area contributed by atoms with Gasteiger partial charge in [-0.15, -0.1) is 0 Å². The zero-order valence-corrected chi connectivity index (χ0v) is 16.3. The second-order valence-corrected chi connectivity index (χ2v) is 7.19. The number of nitrogens with zero attached hydrogens (tertiary/aromatic N) is 2. The summed E-state index contributed by atoms with van der Waals surface area (Å²) in [5.41, 5.74) is 1.51. The normalized spacial score (nSPS) is 13.9. The molecule has 29 heavy (non-hydrogen) atoms. The van der Waals surface area contributed by atoms with Gasteiger partial charge < -0.3 is 20.5 Å². The van der Waals surface area contributed by atoms with E-state index in [9.17, 15) is 18.0 Å². The maximum Gasteiger partial charge on any atom is 0.418 e. The van der Waals surface area contributed by atoms with Crippen LogP contribution in [0, 0.1) is 0 Å². The average Bonchev–Trinajstić information content (AvgIpc) is 3.18. The molecule has 10 heteroatoms. The lowest BCUT2D eigenvalue weighted by Crippen LogP contribution is -2.17. The van der Waals surface area contributed by atoms with Crippen LogP contribution >= 0.6 is 11.6 Å². The fourth-order valence-electron chi connectivity index (χ4n) is 3.47. The van der Waals surface area contributed by atoms with E-state index >= 15 is 0 Å². The lowest BCUT2D eigenvalue weighted by atomic mass is 10.1. The number of hydrogen-bond acceptors (Lipinski definition) is 4. The Morgan fingerprint density at radius 1 is 1.28 bits per heavy atom. The minimum Gasteiger partial charge on any atom is -0.385 e. The topological polar surface area (TPSA) is 73.0 Å². The number of nitrogens with one attached hydrogen (secondary N) is 3. The summed E-state index contributed by atoms with van der Waals surface area (Å²) in [5.74, 6) is 0.219. The van der Waals surface area contributed by atoms with Gasteiger partial charge in [0.05, 0.1) is 21.7 Å². The van der Waals surface area contributed by atoms with Crippen LogP contribution in [-0.2, 0) is 12.7 Å². The highest BCUT2D eigenvalue weighted by Crippen LogP contribution is 2.39. The van der Waals surface area contributed by atoms with Crippen LogP contribution < -0.4 is 10.6 Å². The van der Waals surface area contributed by atoms with Crippen LogP contribution in [0.2, 0.25) is 5.02 Å². The molecule has 0 atom stereocenters. The zero-order chi connectivity index (χ0) is 20.9. The van der Waals surface area contributed by atoms with E-state index in [0.717, 1.165) is 11.8 Å². The quantitative estimate of drug-likeness (QED) is 0.552. The summed E-state index contributed by atoms with van der Waals surface area (Å²) < 4.78 is 40.0. The lowest BCUT2D eigenvalue weighted by molar-refractivity contribution is -0.136. The van der Waals surface area contributed by atoms with Gasteiger partial charge in [-0.25, -0.2) is 4.98 Å². The molecule has 6 nitrogen and oxygen atoms in total. The number of carbonyl (C=O) groups is 1. The average molecular weight is 424 g/mol. The molecular formula is C19H17ClF3N5O. The summed E-state index contributed by atoms with van der Waals surface area (Å²) in [6.07, 6.45) is -3.59. The first-order valence-electron chi connectivity index (χ1n) is 8.87. The molecule has 1 aromatic carbocycles. The Kier molecular flexibility index (Phi) is 4.57. The molecule has 0 saturated carbocycles. The summed E-state index contributed by atoms with van der Waals surface area (Å²) in [4.78, 5) is 20.5. The summed E-state index contributed by atoms with van der Waals surface area (Å²) in [6, 6.07) is 4.86. The molecule has 4 rings (SSSR count). The van der Waals surface area contributed by atoms with Gasteiger partial charge in [-0.2, -0.15) is 13.2 Å². The third-order valence-electron chi connectivity index (χ3n) is 4.75. The lowest BCUT2D eigenvalue weighted by Gasteiger charge is -2.13. The number of fused-ring (bicyclic) bond motifs is 2.